The Morgan fingerprint density at radius 3 is 2.44 bits per heavy atom. The summed E-state index contributed by atoms with van der Waals surface area (Å²) in [6.45, 7) is 2.58. The summed E-state index contributed by atoms with van der Waals surface area (Å²) in [4.78, 5) is 28.5. The van der Waals surface area contributed by atoms with E-state index >= 15 is 4.39 Å². The molecule has 1 fully saturated rings. The van der Waals surface area contributed by atoms with E-state index in [0.717, 1.165) is 5.56 Å². The number of aryl methyl sites for hydroxylation is 1. The molecular formula is C34H34FN7O5S. The van der Waals surface area contributed by atoms with Crippen LogP contribution in [0.1, 0.15) is 12.0 Å². The van der Waals surface area contributed by atoms with Crippen molar-refractivity contribution in [1.29, 1.82) is 0 Å². The Kier molecular flexibility index (Phi) is 10.5. The molecule has 0 spiro atoms. The summed E-state index contributed by atoms with van der Waals surface area (Å²) >= 11 is -2.11. The number of nitrogens with one attached hydrogen (secondary N) is 3. The number of ether oxygens (including phenoxy) is 2. The van der Waals surface area contributed by atoms with Crippen molar-refractivity contribution in [1.82, 2.24) is 19.7 Å². The summed E-state index contributed by atoms with van der Waals surface area (Å²) in [5, 5.41) is 6.29. The molecule has 48 heavy (non-hydrogen) atoms. The minimum atomic E-state index is -2.11. The third-order valence-corrected chi connectivity index (χ3v) is 8.30. The lowest BCUT2D eigenvalue weighted by molar-refractivity contribution is 0.122. The van der Waals surface area contributed by atoms with Gasteiger partial charge in [0, 0.05) is 59.9 Å². The van der Waals surface area contributed by atoms with Crippen molar-refractivity contribution < 1.29 is 27.4 Å². The number of carbonyl (C=O) groups excluding carboxylic acids is 1. The average molecular weight is 672 g/mol. The fourth-order valence-corrected chi connectivity index (χ4v) is 5.83. The second-order valence-electron chi connectivity index (χ2n) is 11.0. The van der Waals surface area contributed by atoms with E-state index in [-0.39, 0.29) is 18.4 Å². The number of methoxy groups -OCH3 is 1. The van der Waals surface area contributed by atoms with Gasteiger partial charge in [0.25, 0.3) is 0 Å². The maximum Gasteiger partial charge on any atom is 0.323 e. The van der Waals surface area contributed by atoms with Crippen molar-refractivity contribution in [3.8, 4) is 28.3 Å². The summed E-state index contributed by atoms with van der Waals surface area (Å²) in [7, 11) is 1.55. The SMILES string of the molecule is COc1cc(-c2cccc(CCCNS(=O)O)c2F)cc2c(N3CCOCC3)nc(-c3ccc(NC(=O)Nc4ccncc4)cc3)nc12. The number of carbonyl (C=O) groups is 1. The van der Waals surface area contributed by atoms with E-state index in [1.54, 1.807) is 68.0 Å². The number of anilines is 3. The highest BCUT2D eigenvalue weighted by molar-refractivity contribution is 7.77. The van der Waals surface area contributed by atoms with Gasteiger partial charge in [0.15, 0.2) is 5.82 Å². The van der Waals surface area contributed by atoms with E-state index in [4.69, 9.17) is 24.0 Å². The molecule has 4 N–H and O–H groups in total. The largest absolute Gasteiger partial charge is 0.494 e. The summed E-state index contributed by atoms with van der Waals surface area (Å²) in [6, 6.07) is 19.1. The highest BCUT2D eigenvalue weighted by atomic mass is 32.2. The predicted octanol–water partition coefficient (Wildman–Crippen LogP) is 5.65. The molecule has 1 atom stereocenters. The quantitative estimate of drug-likeness (QED) is 0.103. The van der Waals surface area contributed by atoms with Gasteiger partial charge < -0.3 is 25.0 Å². The van der Waals surface area contributed by atoms with Gasteiger partial charge in [-0.1, -0.05) is 18.2 Å². The number of morpholine rings is 1. The van der Waals surface area contributed by atoms with Gasteiger partial charge in [0.2, 0.25) is 11.3 Å². The molecule has 12 nitrogen and oxygen atoms in total. The second kappa shape index (κ2) is 15.3. The molecule has 248 valence electrons. The Morgan fingerprint density at radius 1 is 1.00 bits per heavy atom. The minimum Gasteiger partial charge on any atom is -0.494 e. The van der Waals surface area contributed by atoms with Gasteiger partial charge in [-0.2, -0.15) is 0 Å². The molecule has 0 radical (unpaired) electrons. The molecular weight excluding hydrogens is 637 g/mol. The zero-order chi connectivity index (χ0) is 33.5. The minimum absolute atomic E-state index is 0.278. The third-order valence-electron chi connectivity index (χ3n) is 7.85. The van der Waals surface area contributed by atoms with Crippen LogP contribution in [0.25, 0.3) is 33.4 Å². The van der Waals surface area contributed by atoms with Crippen LogP contribution in [0.5, 0.6) is 5.75 Å². The summed E-state index contributed by atoms with van der Waals surface area (Å²) < 4.78 is 49.6. The van der Waals surface area contributed by atoms with Crippen molar-refractivity contribution in [2.75, 3.05) is 55.5 Å². The fraction of sp³-hybridized carbons (Fsp3) is 0.235. The van der Waals surface area contributed by atoms with Crippen LogP contribution in [0.4, 0.5) is 26.4 Å². The van der Waals surface area contributed by atoms with Gasteiger partial charge in [0.05, 0.1) is 20.3 Å². The number of rotatable bonds is 11. The van der Waals surface area contributed by atoms with Crippen molar-refractivity contribution in [3.05, 3.63) is 90.5 Å². The molecule has 0 saturated carbocycles. The molecule has 0 aliphatic carbocycles. The molecule has 3 heterocycles. The van der Waals surface area contributed by atoms with E-state index < -0.39 is 11.3 Å². The zero-order valence-corrected chi connectivity index (χ0v) is 26.9. The summed E-state index contributed by atoms with van der Waals surface area (Å²) in [5.41, 5.74) is 4.04. The van der Waals surface area contributed by atoms with Crippen LogP contribution < -0.4 is 25.0 Å². The maximum atomic E-state index is 15.9. The topological polar surface area (TPSA) is 151 Å². The van der Waals surface area contributed by atoms with Crippen LogP contribution in [-0.2, 0) is 22.4 Å². The van der Waals surface area contributed by atoms with E-state index in [1.807, 2.05) is 18.2 Å². The van der Waals surface area contributed by atoms with E-state index in [0.29, 0.717) is 95.5 Å². The number of hydrogen-bond donors (Lipinski definition) is 4. The molecule has 0 bridgehead atoms. The molecule has 14 heteroatoms. The molecule has 3 aromatic carbocycles. The number of benzene rings is 3. The van der Waals surface area contributed by atoms with Gasteiger partial charge in [-0.05, 0) is 72.5 Å². The lowest BCUT2D eigenvalue weighted by Crippen LogP contribution is -2.37. The van der Waals surface area contributed by atoms with Crippen LogP contribution in [0.15, 0.2) is 79.1 Å². The lowest BCUT2D eigenvalue weighted by Gasteiger charge is -2.29. The van der Waals surface area contributed by atoms with Gasteiger partial charge in [-0.3, -0.25) is 9.54 Å². The molecule has 2 aromatic heterocycles. The Bertz CT molecular complexity index is 1930. The molecule has 5 aromatic rings. The standard InChI is InChI=1S/C34H34FN7O5S/c1-46-29-21-24(27-6-2-4-22(30(27)35)5-3-13-37-48(44)45)20-28-31(29)40-32(41-33(28)42-16-18-47-19-17-42)23-7-9-25(10-8-23)38-34(43)39-26-11-14-36-15-12-26/h2,4,6-12,14-15,20-21,37H,3,5,13,16-19H2,1H3,(H,44,45)(H2,36,38,39,43). The number of aromatic nitrogens is 3. The number of amides is 2. The van der Waals surface area contributed by atoms with Gasteiger partial charge >= 0.3 is 6.03 Å². The molecule has 2 amide bonds. The molecule has 6 rings (SSSR count). The number of nitrogens with zero attached hydrogens (tertiary/aromatic N) is 4. The first-order valence-corrected chi connectivity index (χ1v) is 16.4. The molecule has 1 aliphatic rings. The second-order valence-corrected chi connectivity index (χ2v) is 11.7. The number of fused-ring (bicyclic) bond motifs is 1. The Hall–Kier alpha value is -5.02. The summed E-state index contributed by atoms with van der Waals surface area (Å²) in [6.07, 6.45) is 4.07. The maximum absolute atomic E-state index is 15.9. The van der Waals surface area contributed by atoms with Crippen LogP contribution >= 0.6 is 0 Å². The monoisotopic (exact) mass is 671 g/mol. The van der Waals surface area contributed by atoms with Gasteiger partial charge in [-0.15, -0.1) is 0 Å². The van der Waals surface area contributed by atoms with Crippen molar-refractivity contribution >= 4 is 45.4 Å². The average Bonchev–Trinajstić information content (AvgIpc) is 3.11. The van der Waals surface area contributed by atoms with Crippen LogP contribution in [0.2, 0.25) is 0 Å². The fourth-order valence-electron chi connectivity index (χ4n) is 5.51. The van der Waals surface area contributed by atoms with Crippen LogP contribution in [-0.4, -0.2) is 69.7 Å². The highest BCUT2D eigenvalue weighted by Gasteiger charge is 2.22. The van der Waals surface area contributed by atoms with E-state index in [2.05, 4.69) is 25.2 Å². The first-order chi connectivity index (χ1) is 23.4. The van der Waals surface area contributed by atoms with Gasteiger partial charge in [-0.25, -0.2) is 28.1 Å². The highest BCUT2D eigenvalue weighted by Crippen LogP contribution is 2.38. The Balaban J connectivity index is 1.34. The lowest BCUT2D eigenvalue weighted by atomic mass is 9.98. The molecule has 1 unspecified atom stereocenters. The smallest absolute Gasteiger partial charge is 0.323 e. The third kappa shape index (κ3) is 7.74. The van der Waals surface area contributed by atoms with Crippen LogP contribution in [0.3, 0.4) is 0 Å². The van der Waals surface area contributed by atoms with E-state index in [9.17, 15) is 9.00 Å². The number of urea groups is 1. The molecule has 1 aliphatic heterocycles. The summed E-state index contributed by atoms with van der Waals surface area (Å²) in [5.74, 6) is 1.24. The van der Waals surface area contributed by atoms with E-state index in [1.165, 1.54) is 0 Å². The van der Waals surface area contributed by atoms with Crippen molar-refractivity contribution in [2.45, 2.75) is 12.8 Å². The zero-order valence-electron chi connectivity index (χ0n) is 26.1. The van der Waals surface area contributed by atoms with Crippen molar-refractivity contribution in [2.24, 2.45) is 0 Å². The molecule has 1 saturated heterocycles. The number of halogens is 1. The predicted molar refractivity (Wildman–Crippen MR) is 184 cm³/mol. The first-order valence-electron chi connectivity index (χ1n) is 15.3. The van der Waals surface area contributed by atoms with Crippen molar-refractivity contribution in [3.63, 3.8) is 0 Å². The number of hydrogen-bond acceptors (Lipinski definition) is 8. The van der Waals surface area contributed by atoms with Gasteiger partial charge in [0.1, 0.15) is 22.9 Å². The van der Waals surface area contributed by atoms with Crippen LogP contribution in [0, 0.1) is 5.82 Å². The number of pyridine rings is 1. The normalized spacial score (nSPS) is 13.7. The Labute approximate surface area is 279 Å². The first kappa shape index (κ1) is 32.9. The Morgan fingerprint density at radius 2 is 1.73 bits per heavy atom.